The smallest absolute Gasteiger partial charge is 0.240 e. The van der Waals surface area contributed by atoms with Crippen molar-refractivity contribution in [3.63, 3.8) is 0 Å². The van der Waals surface area contributed by atoms with Crippen LogP contribution in [0.25, 0.3) is 0 Å². The zero-order valence-corrected chi connectivity index (χ0v) is 10.6. The number of oxazole rings is 1. The summed E-state index contributed by atoms with van der Waals surface area (Å²) < 4.78 is 5.48. The van der Waals surface area contributed by atoms with Gasteiger partial charge in [0.05, 0.1) is 12.2 Å². The first-order valence-corrected chi connectivity index (χ1v) is 6.09. The molecule has 1 amide bonds. The summed E-state index contributed by atoms with van der Waals surface area (Å²) in [5.74, 6) is 1.55. The molecule has 1 N–H and O–H groups in total. The fourth-order valence-corrected chi connectivity index (χ4v) is 2.22. The Balaban J connectivity index is 2.06. The number of aryl methyl sites for hydroxylation is 1. The Labute approximate surface area is 101 Å². The Hall–Kier alpha value is -1.36. The summed E-state index contributed by atoms with van der Waals surface area (Å²) in [6.07, 6.45) is 2.55. The summed E-state index contributed by atoms with van der Waals surface area (Å²) in [4.78, 5) is 18.1. The molecule has 1 fully saturated rings. The van der Waals surface area contributed by atoms with Crippen LogP contribution in [0, 0.1) is 6.92 Å². The van der Waals surface area contributed by atoms with Crippen LogP contribution in [-0.2, 0) is 4.79 Å². The quantitative estimate of drug-likeness (QED) is 0.856. The number of likely N-dealkylation sites (N-methyl/N-ethyl adjacent to an activating group) is 1. The Kier molecular flexibility index (Phi) is 3.47. The van der Waals surface area contributed by atoms with Crippen molar-refractivity contribution in [3.05, 3.63) is 17.8 Å². The molecule has 2 heterocycles. The van der Waals surface area contributed by atoms with Crippen LogP contribution in [0.1, 0.15) is 38.0 Å². The summed E-state index contributed by atoms with van der Waals surface area (Å²) >= 11 is 0. The molecule has 0 aliphatic carbocycles. The highest BCUT2D eigenvalue weighted by atomic mass is 16.4. The number of amides is 1. The summed E-state index contributed by atoms with van der Waals surface area (Å²) in [6.45, 7) is 7.40. The zero-order valence-electron chi connectivity index (χ0n) is 10.6. The van der Waals surface area contributed by atoms with E-state index in [0.717, 1.165) is 25.3 Å². The molecule has 2 unspecified atom stereocenters. The number of hydrogen-bond donors (Lipinski definition) is 1. The monoisotopic (exact) mass is 237 g/mol. The minimum Gasteiger partial charge on any atom is -0.444 e. The van der Waals surface area contributed by atoms with E-state index in [1.165, 1.54) is 0 Å². The van der Waals surface area contributed by atoms with E-state index in [0.29, 0.717) is 5.89 Å². The molecule has 0 saturated carbocycles. The standard InChI is InChI=1S/C12H19N3O2/c1-4-13-10-5-6-15(12(10)16)9(3)11-14-7-8(2)17-11/h7,9-10,13H,4-6H2,1-3H3. The number of nitrogens with one attached hydrogen (secondary N) is 1. The van der Waals surface area contributed by atoms with Gasteiger partial charge < -0.3 is 14.6 Å². The van der Waals surface area contributed by atoms with Crippen LogP contribution >= 0.6 is 0 Å². The van der Waals surface area contributed by atoms with Crippen molar-refractivity contribution < 1.29 is 9.21 Å². The first-order chi connectivity index (χ1) is 8.13. The predicted octanol–water partition coefficient (Wildman–Crippen LogP) is 1.25. The summed E-state index contributed by atoms with van der Waals surface area (Å²) in [5, 5.41) is 3.19. The van der Waals surface area contributed by atoms with Gasteiger partial charge in [0.2, 0.25) is 11.8 Å². The van der Waals surface area contributed by atoms with Gasteiger partial charge in [0.15, 0.2) is 0 Å². The molecule has 17 heavy (non-hydrogen) atoms. The van der Waals surface area contributed by atoms with Crippen molar-refractivity contribution >= 4 is 5.91 Å². The van der Waals surface area contributed by atoms with Crippen LogP contribution in [0.2, 0.25) is 0 Å². The fraction of sp³-hybridized carbons (Fsp3) is 0.667. The molecular formula is C12H19N3O2. The zero-order chi connectivity index (χ0) is 12.4. The molecule has 1 aliphatic rings. The topological polar surface area (TPSA) is 58.4 Å². The Bertz CT molecular complexity index is 402. The number of nitrogens with zero attached hydrogens (tertiary/aromatic N) is 2. The number of likely N-dealkylation sites (tertiary alicyclic amines) is 1. The molecule has 5 heteroatoms. The SMILES string of the molecule is CCNC1CCN(C(C)c2ncc(C)o2)C1=O. The largest absolute Gasteiger partial charge is 0.444 e. The van der Waals surface area contributed by atoms with Gasteiger partial charge in [-0.05, 0) is 26.8 Å². The van der Waals surface area contributed by atoms with E-state index in [-0.39, 0.29) is 18.0 Å². The van der Waals surface area contributed by atoms with Gasteiger partial charge in [-0.25, -0.2) is 4.98 Å². The molecule has 1 aromatic heterocycles. The molecule has 1 aromatic rings. The van der Waals surface area contributed by atoms with Crippen LogP contribution in [0.5, 0.6) is 0 Å². The summed E-state index contributed by atoms with van der Waals surface area (Å²) in [5.41, 5.74) is 0. The van der Waals surface area contributed by atoms with Crippen LogP contribution in [0.4, 0.5) is 0 Å². The second-order valence-corrected chi connectivity index (χ2v) is 4.42. The van der Waals surface area contributed by atoms with E-state index in [1.54, 1.807) is 6.20 Å². The Morgan fingerprint density at radius 2 is 2.47 bits per heavy atom. The molecule has 0 radical (unpaired) electrons. The lowest BCUT2D eigenvalue weighted by atomic mass is 10.2. The van der Waals surface area contributed by atoms with Gasteiger partial charge in [-0.3, -0.25) is 4.79 Å². The van der Waals surface area contributed by atoms with Gasteiger partial charge in [0.25, 0.3) is 0 Å². The van der Waals surface area contributed by atoms with Crippen molar-refractivity contribution in [1.82, 2.24) is 15.2 Å². The molecule has 5 nitrogen and oxygen atoms in total. The lowest BCUT2D eigenvalue weighted by Gasteiger charge is -2.22. The van der Waals surface area contributed by atoms with Crippen LogP contribution in [0.3, 0.4) is 0 Å². The van der Waals surface area contributed by atoms with Crippen molar-refractivity contribution in [2.24, 2.45) is 0 Å². The van der Waals surface area contributed by atoms with Crippen LogP contribution < -0.4 is 5.32 Å². The van der Waals surface area contributed by atoms with Crippen LogP contribution in [0.15, 0.2) is 10.6 Å². The van der Waals surface area contributed by atoms with Gasteiger partial charge in [-0.15, -0.1) is 0 Å². The van der Waals surface area contributed by atoms with Crippen molar-refractivity contribution in [2.45, 2.75) is 39.3 Å². The third-order valence-corrected chi connectivity index (χ3v) is 3.15. The van der Waals surface area contributed by atoms with Gasteiger partial charge >= 0.3 is 0 Å². The van der Waals surface area contributed by atoms with Gasteiger partial charge in [-0.1, -0.05) is 6.92 Å². The molecule has 0 bridgehead atoms. The number of hydrogen-bond acceptors (Lipinski definition) is 4. The second kappa shape index (κ2) is 4.87. The lowest BCUT2D eigenvalue weighted by molar-refractivity contribution is -0.131. The average molecular weight is 237 g/mol. The van der Waals surface area contributed by atoms with E-state index in [2.05, 4.69) is 10.3 Å². The van der Waals surface area contributed by atoms with Crippen molar-refractivity contribution in [3.8, 4) is 0 Å². The highest BCUT2D eigenvalue weighted by Crippen LogP contribution is 2.25. The lowest BCUT2D eigenvalue weighted by Crippen LogP contribution is -2.39. The third kappa shape index (κ3) is 2.34. The van der Waals surface area contributed by atoms with Gasteiger partial charge in [-0.2, -0.15) is 0 Å². The Morgan fingerprint density at radius 1 is 1.71 bits per heavy atom. The third-order valence-electron chi connectivity index (χ3n) is 3.15. The predicted molar refractivity (Wildman–Crippen MR) is 63.4 cm³/mol. The highest BCUT2D eigenvalue weighted by molar-refractivity contribution is 5.84. The first-order valence-electron chi connectivity index (χ1n) is 6.09. The van der Waals surface area contributed by atoms with Crippen molar-refractivity contribution in [1.29, 1.82) is 0 Å². The Morgan fingerprint density at radius 3 is 3.06 bits per heavy atom. The maximum absolute atomic E-state index is 12.1. The van der Waals surface area contributed by atoms with Crippen LogP contribution in [-0.4, -0.2) is 34.9 Å². The highest BCUT2D eigenvalue weighted by Gasteiger charge is 2.35. The summed E-state index contributed by atoms with van der Waals surface area (Å²) in [7, 11) is 0. The molecule has 0 aromatic carbocycles. The number of carbonyl (C=O) groups excluding carboxylic acids is 1. The molecule has 1 saturated heterocycles. The van der Waals surface area contributed by atoms with Crippen molar-refractivity contribution in [2.75, 3.05) is 13.1 Å². The normalized spacial score (nSPS) is 22.2. The minimum atomic E-state index is -0.0835. The summed E-state index contributed by atoms with van der Waals surface area (Å²) in [6, 6.07) is -0.127. The second-order valence-electron chi connectivity index (χ2n) is 4.42. The van der Waals surface area contributed by atoms with E-state index in [1.807, 2.05) is 25.7 Å². The van der Waals surface area contributed by atoms with E-state index < -0.39 is 0 Å². The minimum absolute atomic E-state index is 0.0430. The number of rotatable bonds is 4. The van der Waals surface area contributed by atoms with E-state index >= 15 is 0 Å². The maximum atomic E-state index is 12.1. The van der Waals surface area contributed by atoms with E-state index in [4.69, 9.17) is 4.42 Å². The molecule has 1 aliphatic heterocycles. The average Bonchev–Trinajstić information content (AvgIpc) is 2.87. The molecule has 0 spiro atoms. The molecule has 94 valence electrons. The van der Waals surface area contributed by atoms with E-state index in [9.17, 15) is 4.79 Å². The van der Waals surface area contributed by atoms with Gasteiger partial charge in [0, 0.05) is 6.54 Å². The fourth-order valence-electron chi connectivity index (χ4n) is 2.22. The molecular weight excluding hydrogens is 218 g/mol. The number of carbonyl (C=O) groups is 1. The maximum Gasteiger partial charge on any atom is 0.240 e. The molecule has 2 rings (SSSR count). The molecule has 2 atom stereocenters. The first kappa shape index (κ1) is 12.1. The van der Waals surface area contributed by atoms with Gasteiger partial charge in [0.1, 0.15) is 11.8 Å². The number of aromatic nitrogens is 1.